The van der Waals surface area contributed by atoms with Gasteiger partial charge in [-0.2, -0.15) is 0 Å². The normalized spacial score (nSPS) is 17.5. The van der Waals surface area contributed by atoms with Gasteiger partial charge in [0, 0.05) is 19.3 Å². The Kier molecular flexibility index (Phi) is 2.70. The fourth-order valence-corrected chi connectivity index (χ4v) is 2.05. The molecule has 0 aromatic heterocycles. The van der Waals surface area contributed by atoms with Crippen LogP contribution in [0.5, 0.6) is 0 Å². The fourth-order valence-electron chi connectivity index (χ4n) is 2.05. The SMILES string of the molecule is CCc1ccc(N(C)C2(CN)CC2)cc1. The molecule has 0 bridgehead atoms. The number of hydrogen-bond acceptors (Lipinski definition) is 2. The second-order valence-electron chi connectivity index (χ2n) is 4.51. The second-order valence-corrected chi connectivity index (χ2v) is 4.51. The van der Waals surface area contributed by atoms with Crippen LogP contribution >= 0.6 is 0 Å². The predicted octanol–water partition coefficient (Wildman–Crippen LogP) is 2.18. The van der Waals surface area contributed by atoms with E-state index in [0.29, 0.717) is 0 Å². The predicted molar refractivity (Wildman–Crippen MR) is 65.2 cm³/mol. The van der Waals surface area contributed by atoms with Crippen LogP contribution in [0.4, 0.5) is 5.69 Å². The van der Waals surface area contributed by atoms with E-state index in [1.54, 1.807) is 0 Å². The van der Waals surface area contributed by atoms with Gasteiger partial charge >= 0.3 is 0 Å². The molecular weight excluding hydrogens is 184 g/mol. The van der Waals surface area contributed by atoms with Crippen LogP contribution in [0.2, 0.25) is 0 Å². The first-order chi connectivity index (χ1) is 7.22. The van der Waals surface area contributed by atoms with Gasteiger partial charge in [0.25, 0.3) is 0 Å². The summed E-state index contributed by atoms with van der Waals surface area (Å²) in [5, 5.41) is 0. The van der Waals surface area contributed by atoms with E-state index < -0.39 is 0 Å². The molecule has 0 heterocycles. The van der Waals surface area contributed by atoms with Crippen LogP contribution in [0.25, 0.3) is 0 Å². The van der Waals surface area contributed by atoms with E-state index >= 15 is 0 Å². The van der Waals surface area contributed by atoms with Crippen molar-refractivity contribution in [3.63, 3.8) is 0 Å². The van der Waals surface area contributed by atoms with Gasteiger partial charge in [0.2, 0.25) is 0 Å². The molecule has 0 atom stereocenters. The summed E-state index contributed by atoms with van der Waals surface area (Å²) in [6, 6.07) is 8.82. The zero-order valence-electron chi connectivity index (χ0n) is 9.66. The van der Waals surface area contributed by atoms with Crippen molar-refractivity contribution in [3.05, 3.63) is 29.8 Å². The van der Waals surface area contributed by atoms with E-state index in [4.69, 9.17) is 5.73 Å². The van der Waals surface area contributed by atoms with E-state index in [2.05, 4.69) is 43.1 Å². The summed E-state index contributed by atoms with van der Waals surface area (Å²) in [6.07, 6.45) is 3.57. The summed E-state index contributed by atoms with van der Waals surface area (Å²) in [7, 11) is 2.15. The van der Waals surface area contributed by atoms with Crippen molar-refractivity contribution < 1.29 is 0 Å². The van der Waals surface area contributed by atoms with Gasteiger partial charge < -0.3 is 10.6 Å². The molecule has 0 amide bonds. The standard InChI is InChI=1S/C13H20N2/c1-3-11-4-6-12(7-5-11)15(2)13(10-14)8-9-13/h4-7H,3,8-10,14H2,1-2H3. The van der Waals surface area contributed by atoms with Gasteiger partial charge in [-0.05, 0) is 37.0 Å². The molecule has 0 unspecified atom stereocenters. The van der Waals surface area contributed by atoms with Gasteiger partial charge in [-0.3, -0.25) is 0 Å². The number of hydrogen-bond donors (Lipinski definition) is 1. The molecule has 0 aliphatic heterocycles. The maximum atomic E-state index is 5.82. The third-order valence-electron chi connectivity index (χ3n) is 3.65. The fraction of sp³-hybridized carbons (Fsp3) is 0.538. The van der Waals surface area contributed by atoms with Crippen LogP contribution in [-0.4, -0.2) is 19.1 Å². The number of rotatable bonds is 4. The average molecular weight is 204 g/mol. The van der Waals surface area contributed by atoms with Crippen LogP contribution < -0.4 is 10.6 Å². The summed E-state index contributed by atoms with van der Waals surface area (Å²) < 4.78 is 0. The molecule has 15 heavy (non-hydrogen) atoms. The first-order valence-electron chi connectivity index (χ1n) is 5.75. The molecule has 2 rings (SSSR count). The molecule has 1 aliphatic rings. The number of likely N-dealkylation sites (N-methyl/N-ethyl adjacent to an activating group) is 1. The van der Waals surface area contributed by atoms with Crippen LogP contribution in [0.15, 0.2) is 24.3 Å². The summed E-state index contributed by atoms with van der Waals surface area (Å²) in [6.45, 7) is 2.94. The Morgan fingerprint density at radius 2 is 1.87 bits per heavy atom. The highest BCUT2D eigenvalue weighted by Crippen LogP contribution is 2.42. The zero-order chi connectivity index (χ0) is 10.9. The highest BCUT2D eigenvalue weighted by Gasteiger charge is 2.45. The molecule has 1 aromatic rings. The molecule has 82 valence electrons. The average Bonchev–Trinajstić information content (AvgIpc) is 3.09. The van der Waals surface area contributed by atoms with Gasteiger partial charge in [0.15, 0.2) is 0 Å². The molecule has 2 heteroatoms. The molecular formula is C13H20N2. The Morgan fingerprint density at radius 3 is 2.27 bits per heavy atom. The van der Waals surface area contributed by atoms with Gasteiger partial charge in [0.05, 0.1) is 5.54 Å². The van der Waals surface area contributed by atoms with Crippen molar-refractivity contribution in [2.75, 3.05) is 18.5 Å². The molecule has 0 radical (unpaired) electrons. The van der Waals surface area contributed by atoms with Crippen molar-refractivity contribution in [2.45, 2.75) is 31.7 Å². The van der Waals surface area contributed by atoms with Crippen molar-refractivity contribution in [1.82, 2.24) is 0 Å². The number of anilines is 1. The minimum absolute atomic E-state index is 0.258. The number of nitrogens with zero attached hydrogens (tertiary/aromatic N) is 1. The second kappa shape index (κ2) is 3.86. The third kappa shape index (κ3) is 1.86. The Labute approximate surface area is 92.1 Å². The van der Waals surface area contributed by atoms with Gasteiger partial charge in [-0.15, -0.1) is 0 Å². The highest BCUT2D eigenvalue weighted by molar-refractivity contribution is 5.51. The lowest BCUT2D eigenvalue weighted by Crippen LogP contribution is -2.40. The van der Waals surface area contributed by atoms with Crippen LogP contribution in [-0.2, 0) is 6.42 Å². The Bertz CT molecular complexity index is 325. The molecule has 0 saturated heterocycles. The Balaban J connectivity index is 2.15. The van der Waals surface area contributed by atoms with Crippen molar-refractivity contribution >= 4 is 5.69 Å². The lowest BCUT2D eigenvalue weighted by molar-refractivity contribution is 0.636. The molecule has 2 nitrogen and oxygen atoms in total. The quantitative estimate of drug-likeness (QED) is 0.814. The van der Waals surface area contributed by atoms with E-state index in [0.717, 1.165) is 13.0 Å². The van der Waals surface area contributed by atoms with E-state index in [1.165, 1.54) is 24.1 Å². The van der Waals surface area contributed by atoms with E-state index in [-0.39, 0.29) is 5.54 Å². The highest BCUT2D eigenvalue weighted by atomic mass is 15.2. The molecule has 1 aliphatic carbocycles. The summed E-state index contributed by atoms with van der Waals surface area (Å²) in [4.78, 5) is 2.34. The largest absolute Gasteiger partial charge is 0.368 e. The van der Waals surface area contributed by atoms with Gasteiger partial charge in [0.1, 0.15) is 0 Å². The maximum Gasteiger partial charge on any atom is 0.0522 e. The minimum atomic E-state index is 0.258. The molecule has 0 spiro atoms. The molecule has 1 aromatic carbocycles. The summed E-state index contributed by atoms with van der Waals surface area (Å²) >= 11 is 0. The minimum Gasteiger partial charge on any atom is -0.368 e. The van der Waals surface area contributed by atoms with E-state index in [1.807, 2.05) is 0 Å². The van der Waals surface area contributed by atoms with E-state index in [9.17, 15) is 0 Å². The third-order valence-corrected chi connectivity index (χ3v) is 3.65. The van der Waals surface area contributed by atoms with Crippen molar-refractivity contribution in [3.8, 4) is 0 Å². The molecule has 1 fully saturated rings. The van der Waals surface area contributed by atoms with Crippen LogP contribution in [0.1, 0.15) is 25.3 Å². The monoisotopic (exact) mass is 204 g/mol. The summed E-state index contributed by atoms with van der Waals surface area (Å²) in [5.41, 5.74) is 8.76. The Morgan fingerprint density at radius 1 is 1.27 bits per heavy atom. The Hall–Kier alpha value is -1.02. The lowest BCUT2D eigenvalue weighted by Gasteiger charge is -2.29. The van der Waals surface area contributed by atoms with Crippen LogP contribution in [0, 0.1) is 0 Å². The van der Waals surface area contributed by atoms with Crippen LogP contribution in [0.3, 0.4) is 0 Å². The summed E-state index contributed by atoms with van der Waals surface area (Å²) in [5.74, 6) is 0. The topological polar surface area (TPSA) is 29.3 Å². The first kappa shape index (κ1) is 10.5. The number of nitrogens with two attached hydrogens (primary N) is 1. The maximum absolute atomic E-state index is 5.82. The van der Waals surface area contributed by atoms with Gasteiger partial charge in [-0.25, -0.2) is 0 Å². The number of aryl methyl sites for hydroxylation is 1. The first-order valence-corrected chi connectivity index (χ1v) is 5.75. The van der Waals surface area contributed by atoms with Crippen molar-refractivity contribution in [2.24, 2.45) is 5.73 Å². The molecule has 2 N–H and O–H groups in total. The smallest absolute Gasteiger partial charge is 0.0522 e. The zero-order valence-corrected chi connectivity index (χ0v) is 9.66. The number of benzene rings is 1. The molecule has 1 saturated carbocycles. The van der Waals surface area contributed by atoms with Gasteiger partial charge in [-0.1, -0.05) is 19.1 Å². The van der Waals surface area contributed by atoms with Crippen molar-refractivity contribution in [1.29, 1.82) is 0 Å². The lowest BCUT2D eigenvalue weighted by atomic mass is 10.1.